The molecule has 46 heavy (non-hydrogen) atoms. The van der Waals surface area contributed by atoms with Crippen molar-refractivity contribution in [2.75, 3.05) is 23.3 Å². The third-order valence-corrected chi connectivity index (χ3v) is 7.31. The highest BCUT2D eigenvalue weighted by atomic mass is 19.1. The van der Waals surface area contributed by atoms with Crippen molar-refractivity contribution in [1.82, 2.24) is 30.5 Å². The molecule has 5 rings (SSSR count). The highest BCUT2D eigenvalue weighted by Gasteiger charge is 2.44. The summed E-state index contributed by atoms with van der Waals surface area (Å²) in [6.45, 7) is 7.42. The molecule has 240 valence electrons. The SMILES string of the molecule is CC(C(=O)O)C1C(c2ccc(-c3noc(-c4ccc(NC(=O)OC(C)(C)C)cc4)n3)c(F)c2)N(c2ncccn2)CCN1NC=O. The molecule has 3 N–H and O–H groups in total. The van der Waals surface area contributed by atoms with Crippen LogP contribution in [0.5, 0.6) is 0 Å². The van der Waals surface area contributed by atoms with E-state index in [0.717, 1.165) is 0 Å². The summed E-state index contributed by atoms with van der Waals surface area (Å²) in [6.07, 6.45) is 3.01. The zero-order valence-electron chi connectivity index (χ0n) is 25.5. The van der Waals surface area contributed by atoms with E-state index in [0.29, 0.717) is 35.7 Å². The number of carboxylic acid groups (broad SMARTS) is 1. The zero-order valence-corrected chi connectivity index (χ0v) is 25.5. The number of carbonyl (C=O) groups is 3. The van der Waals surface area contributed by atoms with Gasteiger partial charge < -0.3 is 19.3 Å². The first-order valence-corrected chi connectivity index (χ1v) is 14.4. The number of anilines is 2. The Morgan fingerprint density at radius 3 is 2.48 bits per heavy atom. The highest BCUT2D eigenvalue weighted by Crippen LogP contribution is 2.38. The lowest BCUT2D eigenvalue weighted by Crippen LogP contribution is -2.62. The summed E-state index contributed by atoms with van der Waals surface area (Å²) in [5, 5.41) is 18.1. The minimum atomic E-state index is -1.09. The van der Waals surface area contributed by atoms with Gasteiger partial charge in [0.2, 0.25) is 18.2 Å². The highest BCUT2D eigenvalue weighted by molar-refractivity contribution is 5.85. The minimum Gasteiger partial charge on any atom is -0.481 e. The Hall–Kier alpha value is -5.44. The van der Waals surface area contributed by atoms with Gasteiger partial charge in [0.1, 0.15) is 11.4 Å². The number of amides is 2. The number of carboxylic acids is 1. The molecule has 2 amide bonds. The van der Waals surface area contributed by atoms with Crippen LogP contribution in [0.4, 0.5) is 20.8 Å². The monoisotopic (exact) mass is 632 g/mol. The molecule has 1 fully saturated rings. The molecule has 1 aliphatic heterocycles. The maximum Gasteiger partial charge on any atom is 0.412 e. The predicted molar refractivity (Wildman–Crippen MR) is 164 cm³/mol. The molecule has 14 nitrogen and oxygen atoms in total. The normalized spacial score (nSPS) is 17.6. The third-order valence-electron chi connectivity index (χ3n) is 7.31. The molecule has 2 aromatic heterocycles. The van der Waals surface area contributed by atoms with Crippen molar-refractivity contribution in [2.24, 2.45) is 5.92 Å². The van der Waals surface area contributed by atoms with Crippen LogP contribution >= 0.6 is 0 Å². The van der Waals surface area contributed by atoms with Crippen molar-refractivity contribution in [2.45, 2.75) is 45.4 Å². The second kappa shape index (κ2) is 13.3. The molecule has 0 saturated carbocycles. The Morgan fingerprint density at radius 1 is 1.13 bits per heavy atom. The Morgan fingerprint density at radius 2 is 1.85 bits per heavy atom. The maximum atomic E-state index is 15.8. The second-order valence-corrected chi connectivity index (χ2v) is 11.6. The van der Waals surface area contributed by atoms with E-state index in [1.165, 1.54) is 19.1 Å². The number of aliphatic carboxylic acids is 1. The molecule has 1 aliphatic rings. The van der Waals surface area contributed by atoms with Crippen LogP contribution in [-0.4, -0.2) is 73.4 Å². The maximum absolute atomic E-state index is 15.8. The smallest absolute Gasteiger partial charge is 0.412 e. The number of hydrogen-bond acceptors (Lipinski definition) is 11. The van der Waals surface area contributed by atoms with E-state index in [1.54, 1.807) is 79.5 Å². The fourth-order valence-electron chi connectivity index (χ4n) is 5.27. The molecule has 15 heteroatoms. The van der Waals surface area contributed by atoms with Crippen LogP contribution in [0, 0.1) is 11.7 Å². The van der Waals surface area contributed by atoms with Crippen LogP contribution in [-0.2, 0) is 14.3 Å². The number of benzene rings is 2. The van der Waals surface area contributed by atoms with E-state index in [4.69, 9.17) is 9.26 Å². The number of nitrogens with zero attached hydrogens (tertiary/aromatic N) is 6. The number of halogens is 1. The molecule has 3 unspecified atom stereocenters. The number of hydrogen-bond donors (Lipinski definition) is 3. The van der Waals surface area contributed by atoms with Crippen molar-refractivity contribution >= 4 is 30.1 Å². The van der Waals surface area contributed by atoms with E-state index >= 15 is 4.39 Å². The average molecular weight is 633 g/mol. The molecule has 4 aromatic rings. The van der Waals surface area contributed by atoms with Gasteiger partial charge in [-0.05, 0) is 68.8 Å². The van der Waals surface area contributed by atoms with Crippen molar-refractivity contribution < 1.29 is 33.1 Å². The lowest BCUT2D eigenvalue weighted by Gasteiger charge is -2.48. The molecule has 0 aliphatic carbocycles. The summed E-state index contributed by atoms with van der Waals surface area (Å²) in [5.74, 6) is -2.27. The Kier molecular flexibility index (Phi) is 9.23. The number of hydrazine groups is 1. The van der Waals surface area contributed by atoms with Gasteiger partial charge in [0.05, 0.1) is 23.6 Å². The number of carbonyl (C=O) groups excluding carboxylic acids is 2. The number of nitrogens with one attached hydrogen (secondary N) is 2. The van der Waals surface area contributed by atoms with E-state index in [-0.39, 0.29) is 23.8 Å². The van der Waals surface area contributed by atoms with Crippen LogP contribution in [0.15, 0.2) is 65.4 Å². The molecule has 0 spiro atoms. The summed E-state index contributed by atoms with van der Waals surface area (Å²) in [5.41, 5.74) is 3.49. The van der Waals surface area contributed by atoms with Crippen molar-refractivity contribution in [3.63, 3.8) is 0 Å². The molecule has 0 bridgehead atoms. The molecule has 0 radical (unpaired) electrons. The number of piperazine rings is 1. The van der Waals surface area contributed by atoms with Crippen LogP contribution in [0.25, 0.3) is 22.8 Å². The third kappa shape index (κ3) is 7.10. The van der Waals surface area contributed by atoms with Crippen LogP contribution in [0.3, 0.4) is 0 Å². The lowest BCUT2D eigenvalue weighted by atomic mass is 9.86. The van der Waals surface area contributed by atoms with Crippen molar-refractivity contribution in [3.05, 3.63) is 72.3 Å². The van der Waals surface area contributed by atoms with Gasteiger partial charge in [-0.3, -0.25) is 20.3 Å². The average Bonchev–Trinajstić information content (AvgIpc) is 3.50. The van der Waals surface area contributed by atoms with Crippen LogP contribution in [0.1, 0.15) is 39.3 Å². The van der Waals surface area contributed by atoms with Crippen molar-refractivity contribution in [3.8, 4) is 22.8 Å². The van der Waals surface area contributed by atoms with E-state index in [1.807, 2.05) is 0 Å². The lowest BCUT2D eigenvalue weighted by molar-refractivity contribution is -0.146. The van der Waals surface area contributed by atoms with Crippen molar-refractivity contribution in [1.29, 1.82) is 0 Å². The quantitative estimate of drug-likeness (QED) is 0.224. The first-order chi connectivity index (χ1) is 21.9. The predicted octanol–water partition coefficient (Wildman–Crippen LogP) is 4.29. The van der Waals surface area contributed by atoms with Gasteiger partial charge in [-0.25, -0.2) is 24.2 Å². The topological polar surface area (TPSA) is 176 Å². The van der Waals surface area contributed by atoms with E-state index in [9.17, 15) is 19.5 Å². The fourth-order valence-corrected chi connectivity index (χ4v) is 5.27. The first-order valence-electron chi connectivity index (χ1n) is 14.4. The number of rotatable bonds is 9. The molecule has 3 heterocycles. The molecular weight excluding hydrogens is 599 g/mol. The molecular formula is C31H33FN8O6. The number of aromatic nitrogens is 4. The van der Waals surface area contributed by atoms with Gasteiger partial charge in [-0.1, -0.05) is 18.1 Å². The first kappa shape index (κ1) is 32.0. The molecule has 1 saturated heterocycles. The van der Waals surface area contributed by atoms with Gasteiger partial charge in [0, 0.05) is 36.7 Å². The Balaban J connectivity index is 1.43. The Labute approximate surface area is 263 Å². The van der Waals surface area contributed by atoms with Gasteiger partial charge >= 0.3 is 12.1 Å². The molecule has 3 atom stereocenters. The molecule has 2 aromatic carbocycles. The fraction of sp³-hybridized carbons (Fsp3) is 0.323. The largest absolute Gasteiger partial charge is 0.481 e. The van der Waals surface area contributed by atoms with Gasteiger partial charge in [0.25, 0.3) is 5.89 Å². The van der Waals surface area contributed by atoms with Gasteiger partial charge in [-0.15, -0.1) is 0 Å². The van der Waals surface area contributed by atoms with Crippen LogP contribution in [0.2, 0.25) is 0 Å². The summed E-state index contributed by atoms with van der Waals surface area (Å²) < 4.78 is 26.5. The Bertz CT molecular complexity index is 1700. The minimum absolute atomic E-state index is 0.00148. The van der Waals surface area contributed by atoms with E-state index < -0.39 is 41.5 Å². The van der Waals surface area contributed by atoms with Gasteiger partial charge in [0.15, 0.2) is 0 Å². The van der Waals surface area contributed by atoms with Gasteiger partial charge in [-0.2, -0.15) is 4.98 Å². The van der Waals surface area contributed by atoms with Crippen LogP contribution < -0.4 is 15.6 Å². The summed E-state index contributed by atoms with van der Waals surface area (Å²) >= 11 is 0. The second-order valence-electron chi connectivity index (χ2n) is 11.6. The zero-order chi connectivity index (χ0) is 33.0. The summed E-state index contributed by atoms with van der Waals surface area (Å²) in [7, 11) is 0. The number of ether oxygens (including phenoxy) is 1. The van der Waals surface area contributed by atoms with E-state index in [2.05, 4.69) is 30.9 Å². The standard InChI is InChI=1S/C31H33FN8O6/c1-18(28(42)43)24-25(39(14-15-40(24)35-17-41)29-33-12-5-13-34-29)20-8-11-22(23(32)16-20)26-37-27(46-38-26)19-6-9-21(10-7-19)36-30(44)45-31(2,3)4/h5-13,16-18,24-25H,14-15H2,1-4H3,(H,35,41)(H,36,44)(H,42,43). The summed E-state index contributed by atoms with van der Waals surface area (Å²) in [6, 6.07) is 11.1. The summed E-state index contributed by atoms with van der Waals surface area (Å²) in [4.78, 5) is 50.5.